The molecule has 1 rings (SSSR count). The maximum atomic E-state index is 11.9. The molecule has 0 aromatic heterocycles. The van der Waals surface area contributed by atoms with Crippen LogP contribution in [0, 0.1) is 0 Å². The summed E-state index contributed by atoms with van der Waals surface area (Å²) in [6.45, 7) is 4.09. The molecule has 0 aliphatic carbocycles. The highest BCUT2D eigenvalue weighted by Gasteiger charge is 2.12. The van der Waals surface area contributed by atoms with Gasteiger partial charge in [-0.1, -0.05) is 69.4 Å². The first-order valence-corrected chi connectivity index (χ1v) is 10.6. The second-order valence-corrected chi connectivity index (χ2v) is 7.13. The van der Waals surface area contributed by atoms with Crippen LogP contribution in [0.25, 0.3) is 0 Å². The largest absolute Gasteiger partial charge is 0.339 e. The van der Waals surface area contributed by atoms with Crippen molar-refractivity contribution in [3.05, 3.63) is 36.5 Å². The van der Waals surface area contributed by atoms with Crippen LogP contribution in [0.2, 0.25) is 0 Å². The van der Waals surface area contributed by atoms with Crippen LogP contribution in [0.1, 0.15) is 90.4 Å². The van der Waals surface area contributed by atoms with E-state index in [1.807, 2.05) is 17.1 Å². The van der Waals surface area contributed by atoms with Crippen molar-refractivity contribution in [1.29, 1.82) is 0 Å². The molecule has 1 heterocycles. The molecule has 0 aromatic rings. The highest BCUT2D eigenvalue weighted by molar-refractivity contribution is 5.87. The fraction of sp³-hybridized carbons (Fsp3) is 0.696. The Balaban J connectivity index is 1.89. The number of amides is 1. The minimum absolute atomic E-state index is 0.175. The molecule has 2 heteroatoms. The van der Waals surface area contributed by atoms with Gasteiger partial charge in [0.1, 0.15) is 0 Å². The zero-order valence-corrected chi connectivity index (χ0v) is 16.4. The van der Waals surface area contributed by atoms with Crippen LogP contribution >= 0.6 is 0 Å². The first kappa shape index (κ1) is 21.7. The molecule has 25 heavy (non-hydrogen) atoms. The SMILES string of the molecule is CCC/C=C\CCCCCCCC/C=C/C=C/C(=O)N1CCCCC1. The second kappa shape index (κ2) is 16.2. The molecule has 2 nitrogen and oxygen atoms in total. The number of piperidine rings is 1. The average Bonchev–Trinajstić information content (AvgIpc) is 2.65. The molecule has 1 aliphatic rings. The van der Waals surface area contributed by atoms with E-state index in [9.17, 15) is 4.79 Å². The summed E-state index contributed by atoms with van der Waals surface area (Å²) in [7, 11) is 0. The van der Waals surface area contributed by atoms with Crippen LogP contribution in [0.4, 0.5) is 0 Å². The van der Waals surface area contributed by atoms with Gasteiger partial charge in [0, 0.05) is 19.2 Å². The van der Waals surface area contributed by atoms with Gasteiger partial charge in [0.05, 0.1) is 0 Å². The van der Waals surface area contributed by atoms with Crippen molar-refractivity contribution in [3.63, 3.8) is 0 Å². The lowest BCUT2D eigenvalue weighted by Gasteiger charge is -2.25. The summed E-state index contributed by atoms with van der Waals surface area (Å²) < 4.78 is 0. The predicted octanol–water partition coefficient (Wildman–Crippen LogP) is 6.59. The molecule has 0 unspecified atom stereocenters. The number of carbonyl (C=O) groups excluding carboxylic acids is 1. The van der Waals surface area contributed by atoms with Crippen LogP contribution in [-0.4, -0.2) is 23.9 Å². The molecule has 1 saturated heterocycles. The molecular formula is C23H39NO. The van der Waals surface area contributed by atoms with E-state index < -0.39 is 0 Å². The molecule has 0 spiro atoms. The van der Waals surface area contributed by atoms with Crippen molar-refractivity contribution in [2.24, 2.45) is 0 Å². The molecular weight excluding hydrogens is 306 g/mol. The van der Waals surface area contributed by atoms with Gasteiger partial charge in [0.15, 0.2) is 0 Å². The van der Waals surface area contributed by atoms with Gasteiger partial charge < -0.3 is 4.90 Å². The first-order chi connectivity index (χ1) is 12.3. The Morgan fingerprint density at radius 2 is 1.36 bits per heavy atom. The second-order valence-electron chi connectivity index (χ2n) is 7.13. The topological polar surface area (TPSA) is 20.3 Å². The number of carbonyl (C=O) groups is 1. The van der Waals surface area contributed by atoms with Crippen LogP contribution in [0.3, 0.4) is 0 Å². The third-order valence-corrected chi connectivity index (χ3v) is 4.77. The van der Waals surface area contributed by atoms with Crippen LogP contribution < -0.4 is 0 Å². The smallest absolute Gasteiger partial charge is 0.246 e. The minimum Gasteiger partial charge on any atom is -0.339 e. The van der Waals surface area contributed by atoms with Crippen molar-refractivity contribution in [1.82, 2.24) is 4.90 Å². The number of allylic oxidation sites excluding steroid dienone is 5. The molecule has 0 bridgehead atoms. The van der Waals surface area contributed by atoms with Crippen LogP contribution in [0.5, 0.6) is 0 Å². The molecule has 0 saturated carbocycles. The number of hydrogen-bond acceptors (Lipinski definition) is 1. The molecule has 0 atom stereocenters. The number of hydrogen-bond donors (Lipinski definition) is 0. The van der Waals surface area contributed by atoms with Crippen LogP contribution in [0.15, 0.2) is 36.5 Å². The Labute approximate surface area is 156 Å². The summed E-state index contributed by atoms with van der Waals surface area (Å²) in [6.07, 6.45) is 29.0. The Morgan fingerprint density at radius 1 is 0.760 bits per heavy atom. The zero-order chi connectivity index (χ0) is 18.0. The number of likely N-dealkylation sites (tertiary alicyclic amines) is 1. The fourth-order valence-electron chi connectivity index (χ4n) is 3.17. The van der Waals surface area contributed by atoms with E-state index in [0.717, 1.165) is 32.4 Å². The van der Waals surface area contributed by atoms with Gasteiger partial charge in [0.2, 0.25) is 5.91 Å². The Morgan fingerprint density at radius 3 is 2.04 bits per heavy atom. The summed E-state index contributed by atoms with van der Waals surface area (Å²) >= 11 is 0. The lowest BCUT2D eigenvalue weighted by molar-refractivity contribution is -0.126. The number of unbranched alkanes of at least 4 members (excludes halogenated alkanes) is 8. The highest BCUT2D eigenvalue weighted by atomic mass is 16.2. The fourth-order valence-corrected chi connectivity index (χ4v) is 3.17. The normalized spacial score (nSPS) is 15.8. The molecule has 0 aromatic carbocycles. The zero-order valence-electron chi connectivity index (χ0n) is 16.4. The number of rotatable bonds is 13. The van der Waals surface area contributed by atoms with Crippen LogP contribution in [-0.2, 0) is 4.79 Å². The first-order valence-electron chi connectivity index (χ1n) is 10.6. The molecule has 0 N–H and O–H groups in total. The lowest BCUT2D eigenvalue weighted by atomic mass is 10.1. The number of nitrogens with zero attached hydrogens (tertiary/aromatic N) is 1. The summed E-state index contributed by atoms with van der Waals surface area (Å²) in [5.41, 5.74) is 0. The Bertz CT molecular complexity index is 402. The third-order valence-electron chi connectivity index (χ3n) is 4.77. The monoisotopic (exact) mass is 345 g/mol. The van der Waals surface area contributed by atoms with Gasteiger partial charge in [-0.3, -0.25) is 4.79 Å². The summed E-state index contributed by atoms with van der Waals surface area (Å²) in [5, 5.41) is 0. The van der Waals surface area contributed by atoms with E-state index >= 15 is 0 Å². The van der Waals surface area contributed by atoms with Crippen molar-refractivity contribution in [2.75, 3.05) is 13.1 Å². The minimum atomic E-state index is 0.175. The lowest BCUT2D eigenvalue weighted by Crippen LogP contribution is -2.34. The molecule has 1 fully saturated rings. The van der Waals surface area contributed by atoms with E-state index in [1.54, 1.807) is 6.08 Å². The summed E-state index contributed by atoms with van der Waals surface area (Å²) in [4.78, 5) is 13.9. The average molecular weight is 346 g/mol. The molecule has 142 valence electrons. The quantitative estimate of drug-likeness (QED) is 0.160. The maximum absolute atomic E-state index is 11.9. The van der Waals surface area contributed by atoms with Crippen molar-refractivity contribution < 1.29 is 4.79 Å². The van der Waals surface area contributed by atoms with E-state index in [-0.39, 0.29) is 5.91 Å². The third kappa shape index (κ3) is 12.7. The molecule has 1 amide bonds. The molecule has 0 radical (unpaired) electrons. The van der Waals surface area contributed by atoms with Gasteiger partial charge in [-0.2, -0.15) is 0 Å². The predicted molar refractivity (Wildman–Crippen MR) is 110 cm³/mol. The Kier molecular flexibility index (Phi) is 14.1. The van der Waals surface area contributed by atoms with Gasteiger partial charge in [-0.25, -0.2) is 0 Å². The summed E-state index contributed by atoms with van der Waals surface area (Å²) in [5.74, 6) is 0.175. The van der Waals surface area contributed by atoms with E-state index in [4.69, 9.17) is 0 Å². The Hall–Kier alpha value is -1.31. The van der Waals surface area contributed by atoms with Crippen molar-refractivity contribution in [2.45, 2.75) is 90.4 Å². The standard InChI is InChI=1S/C23H39NO/c1-2-3-4-5-6-7-8-9-10-11-12-13-14-15-17-20-23(25)24-21-18-16-19-22-24/h4-5,14-15,17,20H,2-3,6-13,16,18-19,21-22H2,1H3/b5-4-,15-14+,20-17+. The van der Waals surface area contributed by atoms with Gasteiger partial charge in [-0.15, -0.1) is 0 Å². The van der Waals surface area contributed by atoms with Gasteiger partial charge in [-0.05, 0) is 51.4 Å². The highest BCUT2D eigenvalue weighted by Crippen LogP contribution is 2.10. The van der Waals surface area contributed by atoms with Gasteiger partial charge >= 0.3 is 0 Å². The van der Waals surface area contributed by atoms with Crippen molar-refractivity contribution >= 4 is 5.91 Å². The van der Waals surface area contributed by atoms with Gasteiger partial charge in [0.25, 0.3) is 0 Å². The van der Waals surface area contributed by atoms with Crippen molar-refractivity contribution in [3.8, 4) is 0 Å². The maximum Gasteiger partial charge on any atom is 0.246 e. The summed E-state index contributed by atoms with van der Waals surface area (Å²) in [6, 6.07) is 0. The van der Waals surface area contributed by atoms with E-state index in [0.29, 0.717) is 0 Å². The van der Waals surface area contributed by atoms with E-state index in [1.165, 1.54) is 64.2 Å². The van der Waals surface area contributed by atoms with E-state index in [2.05, 4.69) is 25.2 Å². The molecule has 1 aliphatic heterocycles.